The van der Waals surface area contributed by atoms with Gasteiger partial charge in [0.25, 0.3) is 5.91 Å². The van der Waals surface area contributed by atoms with E-state index in [4.69, 9.17) is 21.8 Å². The van der Waals surface area contributed by atoms with E-state index in [1.54, 1.807) is 54.7 Å². The fourth-order valence-electron chi connectivity index (χ4n) is 4.23. The topological polar surface area (TPSA) is 183 Å². The number of H-pyrrole nitrogens is 1. The molecule has 11 nitrogen and oxygen atoms in total. The number of nitrogens with one attached hydrogen (secondary N) is 3. The van der Waals surface area contributed by atoms with Gasteiger partial charge in [-0.05, 0) is 54.1 Å². The number of aromatic nitrogens is 3. The van der Waals surface area contributed by atoms with Crippen LogP contribution in [0.15, 0.2) is 83.9 Å². The predicted octanol–water partition coefficient (Wildman–Crippen LogP) is 4.72. The number of phenols is 1. The Hall–Kier alpha value is -5.60. The third-order valence-electron chi connectivity index (χ3n) is 6.18. The van der Waals surface area contributed by atoms with Crippen molar-refractivity contribution in [2.45, 2.75) is 12.5 Å². The lowest BCUT2D eigenvalue weighted by atomic mass is 9.97. The summed E-state index contributed by atoms with van der Waals surface area (Å²) in [5.74, 6) is -1.32. The average molecular weight is 568 g/mol. The first-order chi connectivity index (χ1) is 19.8. The van der Waals surface area contributed by atoms with Crippen molar-refractivity contribution in [3.8, 4) is 34.2 Å². The minimum absolute atomic E-state index is 0.0259. The minimum atomic E-state index is -0.747. The highest BCUT2D eigenvalue weighted by atomic mass is 35.5. The van der Waals surface area contributed by atoms with E-state index < -0.39 is 17.9 Å². The molecule has 2 aromatic carbocycles. The summed E-state index contributed by atoms with van der Waals surface area (Å²) in [5, 5.41) is 26.9. The Balaban J connectivity index is 1.59. The van der Waals surface area contributed by atoms with E-state index in [0.29, 0.717) is 27.4 Å². The number of carbonyl (C=O) groups is 2. The fourth-order valence-corrected chi connectivity index (χ4v) is 4.40. The molecule has 0 aliphatic heterocycles. The number of aromatic amines is 1. The first kappa shape index (κ1) is 27.0. The van der Waals surface area contributed by atoms with Gasteiger partial charge in [-0.15, -0.1) is 0 Å². The number of pyridine rings is 1. The molecule has 0 saturated carbocycles. The standard InChI is InChI=1S/C29H22ClN7O4/c30-17-6-7-20(25(38)10-17)23-12-21(22(13-31)28(36-23)37-29(40)26-5-2-8-41-26)16-3-1-4-18(9-16)35-24(27(32)39)11-19-14-33-15-34-19/h1-10,12,14-15,24,35,38H,11H2,(H2,32,39)(H,33,34)(H,36,37,40)/t24-/m1/s1. The molecule has 0 spiro atoms. The maximum atomic E-state index is 12.8. The number of rotatable bonds is 9. The number of aromatic hydroxyl groups is 1. The molecule has 0 radical (unpaired) electrons. The van der Waals surface area contributed by atoms with Gasteiger partial charge in [0.15, 0.2) is 11.6 Å². The number of nitriles is 1. The normalized spacial score (nSPS) is 11.4. The Morgan fingerprint density at radius 1 is 1.15 bits per heavy atom. The average Bonchev–Trinajstić information content (AvgIpc) is 3.67. The smallest absolute Gasteiger partial charge is 0.292 e. The van der Waals surface area contributed by atoms with Crippen molar-refractivity contribution in [2.75, 3.05) is 10.6 Å². The molecule has 3 heterocycles. The molecule has 5 rings (SSSR count). The number of hydrogen-bond acceptors (Lipinski definition) is 8. The third kappa shape index (κ3) is 6.03. The number of nitrogens with two attached hydrogens (primary N) is 1. The van der Waals surface area contributed by atoms with Crippen molar-refractivity contribution in [1.82, 2.24) is 15.0 Å². The van der Waals surface area contributed by atoms with E-state index >= 15 is 0 Å². The molecule has 1 atom stereocenters. The first-order valence-corrected chi connectivity index (χ1v) is 12.6. The Kier molecular flexibility index (Phi) is 7.67. The van der Waals surface area contributed by atoms with Gasteiger partial charge in [-0.3, -0.25) is 9.59 Å². The molecule has 0 aliphatic carbocycles. The van der Waals surface area contributed by atoms with E-state index in [-0.39, 0.29) is 35.0 Å². The Labute approximate surface area is 238 Å². The van der Waals surface area contributed by atoms with Crippen molar-refractivity contribution in [3.63, 3.8) is 0 Å². The summed E-state index contributed by atoms with van der Waals surface area (Å²) >= 11 is 6.03. The lowest BCUT2D eigenvalue weighted by Gasteiger charge is -2.18. The van der Waals surface area contributed by atoms with Crippen LogP contribution >= 0.6 is 11.6 Å². The van der Waals surface area contributed by atoms with Crippen LogP contribution in [0.2, 0.25) is 5.02 Å². The number of amides is 2. The highest BCUT2D eigenvalue weighted by molar-refractivity contribution is 6.30. The second-order valence-corrected chi connectivity index (χ2v) is 9.38. The predicted molar refractivity (Wildman–Crippen MR) is 152 cm³/mol. The lowest BCUT2D eigenvalue weighted by molar-refractivity contribution is -0.118. The Bertz CT molecular complexity index is 1760. The number of benzene rings is 2. The van der Waals surface area contributed by atoms with Crippen LogP contribution in [0, 0.1) is 11.3 Å². The molecule has 12 heteroatoms. The van der Waals surface area contributed by atoms with Crippen molar-refractivity contribution < 1.29 is 19.1 Å². The minimum Gasteiger partial charge on any atom is -0.507 e. The van der Waals surface area contributed by atoms with Gasteiger partial charge in [0.2, 0.25) is 5.91 Å². The lowest BCUT2D eigenvalue weighted by Crippen LogP contribution is -2.37. The maximum absolute atomic E-state index is 12.8. The van der Waals surface area contributed by atoms with Crippen LogP contribution in [0.1, 0.15) is 21.8 Å². The molecule has 0 aliphatic rings. The Morgan fingerprint density at radius 2 is 2.00 bits per heavy atom. The van der Waals surface area contributed by atoms with Gasteiger partial charge in [0.1, 0.15) is 23.4 Å². The van der Waals surface area contributed by atoms with E-state index in [1.807, 2.05) is 0 Å². The van der Waals surface area contributed by atoms with Crippen molar-refractivity contribution >= 4 is 34.9 Å². The van der Waals surface area contributed by atoms with Gasteiger partial charge in [0.05, 0.1) is 18.3 Å². The van der Waals surface area contributed by atoms with Gasteiger partial charge < -0.3 is 30.9 Å². The number of furan rings is 1. The highest BCUT2D eigenvalue weighted by Gasteiger charge is 2.21. The summed E-state index contributed by atoms with van der Waals surface area (Å²) in [7, 11) is 0. The molecule has 41 heavy (non-hydrogen) atoms. The van der Waals surface area contributed by atoms with Crippen molar-refractivity contribution in [1.29, 1.82) is 5.26 Å². The van der Waals surface area contributed by atoms with E-state index in [0.717, 1.165) is 5.69 Å². The van der Waals surface area contributed by atoms with Crippen LogP contribution in [-0.2, 0) is 11.2 Å². The van der Waals surface area contributed by atoms with Crippen LogP contribution in [0.3, 0.4) is 0 Å². The summed E-state index contributed by atoms with van der Waals surface area (Å²) in [6, 6.07) is 17.6. The summed E-state index contributed by atoms with van der Waals surface area (Å²) in [4.78, 5) is 36.4. The van der Waals surface area contributed by atoms with Gasteiger partial charge >= 0.3 is 0 Å². The molecule has 204 valence electrons. The quantitative estimate of drug-likeness (QED) is 0.169. The zero-order chi connectivity index (χ0) is 28.9. The van der Waals surface area contributed by atoms with Gasteiger partial charge in [-0.1, -0.05) is 23.7 Å². The number of phenolic OH excluding ortho intramolecular Hbond substituents is 1. The molecule has 0 bridgehead atoms. The Morgan fingerprint density at radius 3 is 2.68 bits per heavy atom. The molecule has 3 aromatic heterocycles. The second kappa shape index (κ2) is 11.6. The zero-order valence-corrected chi connectivity index (χ0v) is 22.0. The number of nitrogens with zero attached hydrogens (tertiary/aromatic N) is 3. The molecule has 0 fully saturated rings. The highest BCUT2D eigenvalue weighted by Crippen LogP contribution is 2.37. The number of imidazole rings is 1. The van der Waals surface area contributed by atoms with Crippen LogP contribution in [0.5, 0.6) is 5.75 Å². The van der Waals surface area contributed by atoms with E-state index in [1.165, 1.54) is 24.7 Å². The summed E-state index contributed by atoms with van der Waals surface area (Å²) in [6.07, 6.45) is 4.75. The van der Waals surface area contributed by atoms with Crippen LogP contribution < -0.4 is 16.4 Å². The first-order valence-electron chi connectivity index (χ1n) is 12.2. The third-order valence-corrected chi connectivity index (χ3v) is 6.42. The number of carbonyl (C=O) groups excluding carboxylic acids is 2. The molecular weight excluding hydrogens is 546 g/mol. The molecule has 5 aromatic rings. The van der Waals surface area contributed by atoms with Crippen LogP contribution in [-0.4, -0.2) is 37.9 Å². The molecule has 2 amide bonds. The van der Waals surface area contributed by atoms with Crippen LogP contribution in [0.4, 0.5) is 11.5 Å². The number of anilines is 2. The molecular formula is C29H22ClN7O4. The SMILES string of the molecule is N#Cc1c(-c2cccc(N[C@H](Cc3cnc[nH]3)C(N)=O)c2)cc(-c2ccc(Cl)cc2O)nc1NC(=O)c1ccco1. The molecule has 0 unspecified atom stereocenters. The van der Waals surface area contributed by atoms with Crippen LogP contribution in [0.25, 0.3) is 22.4 Å². The van der Waals surface area contributed by atoms with Gasteiger partial charge in [-0.25, -0.2) is 9.97 Å². The summed E-state index contributed by atoms with van der Waals surface area (Å²) in [6.45, 7) is 0. The van der Waals surface area contributed by atoms with Gasteiger partial charge in [0, 0.05) is 40.1 Å². The zero-order valence-electron chi connectivity index (χ0n) is 21.3. The maximum Gasteiger partial charge on any atom is 0.292 e. The number of primary amides is 1. The summed E-state index contributed by atoms with van der Waals surface area (Å²) < 4.78 is 5.18. The number of halogens is 1. The van der Waals surface area contributed by atoms with E-state index in [9.17, 15) is 20.0 Å². The van der Waals surface area contributed by atoms with Crippen molar-refractivity contribution in [3.05, 3.63) is 101 Å². The molecule has 6 N–H and O–H groups in total. The van der Waals surface area contributed by atoms with Crippen molar-refractivity contribution in [2.24, 2.45) is 5.73 Å². The largest absolute Gasteiger partial charge is 0.507 e. The second-order valence-electron chi connectivity index (χ2n) is 8.94. The number of hydrogen-bond donors (Lipinski definition) is 5. The monoisotopic (exact) mass is 567 g/mol. The molecule has 0 saturated heterocycles. The van der Waals surface area contributed by atoms with Gasteiger partial charge in [-0.2, -0.15) is 5.26 Å². The fraction of sp³-hybridized carbons (Fsp3) is 0.0690. The van der Waals surface area contributed by atoms with E-state index in [2.05, 4.69) is 31.7 Å². The summed E-state index contributed by atoms with van der Waals surface area (Å²) in [5.41, 5.74) is 8.59.